The van der Waals surface area contributed by atoms with E-state index in [1.54, 1.807) is 0 Å². The van der Waals surface area contributed by atoms with Crippen molar-refractivity contribution in [1.29, 1.82) is 0 Å². The zero-order valence-electron chi connectivity index (χ0n) is 61.1. The van der Waals surface area contributed by atoms with Crippen molar-refractivity contribution in [2.45, 2.75) is 412 Å². The van der Waals surface area contributed by atoms with Gasteiger partial charge in [0.2, 0.25) is 0 Å². The summed E-state index contributed by atoms with van der Waals surface area (Å²) >= 11 is 0. The third kappa shape index (κ3) is 68.6. The number of ether oxygens (including phenoxy) is 4. The van der Waals surface area contributed by atoms with Crippen molar-refractivity contribution >= 4 is 39.5 Å². The van der Waals surface area contributed by atoms with Gasteiger partial charge in [-0.15, -0.1) is 0 Å². The molecule has 0 aliphatic heterocycles. The summed E-state index contributed by atoms with van der Waals surface area (Å²) in [4.78, 5) is 72.4. The summed E-state index contributed by atoms with van der Waals surface area (Å²) in [6, 6.07) is 0. The van der Waals surface area contributed by atoms with E-state index >= 15 is 0 Å². The third-order valence-electron chi connectivity index (χ3n) is 17.5. The number of unbranched alkanes of at least 4 members (excludes halogenated alkanes) is 47. The minimum absolute atomic E-state index is 0.104. The van der Waals surface area contributed by atoms with E-state index in [1.807, 2.05) is 0 Å². The monoisotopic (exact) mass is 1380 g/mol. The lowest BCUT2D eigenvalue weighted by molar-refractivity contribution is -0.161. The van der Waals surface area contributed by atoms with Crippen LogP contribution in [0.25, 0.3) is 0 Å². The van der Waals surface area contributed by atoms with Crippen LogP contribution in [0, 0.1) is 5.92 Å². The molecule has 0 spiro atoms. The topological polar surface area (TPSA) is 237 Å². The second-order valence-electron chi connectivity index (χ2n) is 27.5. The largest absolute Gasteiger partial charge is 0.472 e. The lowest BCUT2D eigenvalue weighted by Crippen LogP contribution is -2.30. The number of carbonyl (C=O) groups is 4. The van der Waals surface area contributed by atoms with E-state index in [2.05, 4.69) is 34.6 Å². The van der Waals surface area contributed by atoms with Crippen LogP contribution in [-0.4, -0.2) is 96.7 Å². The molecule has 0 fully saturated rings. The van der Waals surface area contributed by atoms with Gasteiger partial charge in [0.05, 0.1) is 26.4 Å². The summed E-state index contributed by atoms with van der Waals surface area (Å²) in [6.45, 7) is 7.21. The van der Waals surface area contributed by atoms with E-state index in [0.717, 1.165) is 121 Å². The number of aliphatic hydroxyl groups is 1. The Labute approximate surface area is 575 Å². The maximum atomic E-state index is 13.1. The fourth-order valence-electron chi connectivity index (χ4n) is 11.5. The predicted octanol–water partition coefficient (Wildman–Crippen LogP) is 22.1. The molecule has 558 valence electrons. The molecule has 0 heterocycles. The van der Waals surface area contributed by atoms with E-state index in [-0.39, 0.29) is 25.7 Å². The molecule has 0 aliphatic rings. The Morgan fingerprint density at radius 1 is 0.287 bits per heavy atom. The molecule has 3 N–H and O–H groups in total. The van der Waals surface area contributed by atoms with E-state index in [1.165, 1.54) is 193 Å². The number of aliphatic hydroxyl groups excluding tert-OH is 1. The summed E-state index contributed by atoms with van der Waals surface area (Å²) in [6.07, 6.45) is 57.5. The lowest BCUT2D eigenvalue weighted by Gasteiger charge is -2.21. The number of phosphoric acid groups is 2. The molecule has 0 aromatic rings. The van der Waals surface area contributed by atoms with Crippen LogP contribution >= 0.6 is 15.6 Å². The predicted molar refractivity (Wildman–Crippen MR) is 382 cm³/mol. The van der Waals surface area contributed by atoms with Crippen molar-refractivity contribution in [2.24, 2.45) is 5.92 Å². The molecule has 0 aliphatic carbocycles. The molecule has 0 radical (unpaired) electrons. The van der Waals surface area contributed by atoms with Gasteiger partial charge < -0.3 is 33.8 Å². The first-order chi connectivity index (χ1) is 45.5. The van der Waals surface area contributed by atoms with E-state index in [0.29, 0.717) is 25.7 Å². The Morgan fingerprint density at radius 3 is 0.723 bits per heavy atom. The second-order valence-corrected chi connectivity index (χ2v) is 30.4. The van der Waals surface area contributed by atoms with Gasteiger partial charge in [-0.05, 0) is 31.6 Å². The first-order valence-corrected chi connectivity index (χ1v) is 42.1. The Morgan fingerprint density at radius 2 is 0.489 bits per heavy atom. The lowest BCUT2D eigenvalue weighted by atomic mass is 10.0. The molecule has 5 atom stereocenters. The zero-order valence-corrected chi connectivity index (χ0v) is 62.9. The molecule has 0 amide bonds. The van der Waals surface area contributed by atoms with Crippen molar-refractivity contribution < 1.29 is 80.2 Å². The molecule has 0 aromatic carbocycles. The van der Waals surface area contributed by atoms with Crippen LogP contribution in [0.1, 0.15) is 394 Å². The minimum Gasteiger partial charge on any atom is -0.462 e. The average molecular weight is 1380 g/mol. The maximum absolute atomic E-state index is 13.1. The van der Waals surface area contributed by atoms with Gasteiger partial charge in [-0.2, -0.15) is 0 Å². The van der Waals surface area contributed by atoms with Gasteiger partial charge in [0.15, 0.2) is 12.2 Å². The number of rotatable bonds is 75. The smallest absolute Gasteiger partial charge is 0.462 e. The van der Waals surface area contributed by atoms with Gasteiger partial charge >= 0.3 is 39.5 Å². The van der Waals surface area contributed by atoms with Crippen LogP contribution in [0.4, 0.5) is 0 Å². The Bertz CT molecular complexity index is 1810. The zero-order chi connectivity index (χ0) is 69.1. The molecule has 94 heavy (non-hydrogen) atoms. The van der Waals surface area contributed by atoms with Crippen LogP contribution in [-0.2, 0) is 65.4 Å². The average Bonchev–Trinajstić information content (AvgIpc) is 2.02. The number of esters is 4. The van der Waals surface area contributed by atoms with Crippen molar-refractivity contribution in [3.05, 3.63) is 0 Å². The number of carbonyl (C=O) groups excluding carboxylic acids is 4. The molecule has 0 rings (SSSR count). The highest BCUT2D eigenvalue weighted by molar-refractivity contribution is 7.47. The van der Waals surface area contributed by atoms with Crippen molar-refractivity contribution in [2.75, 3.05) is 39.6 Å². The van der Waals surface area contributed by atoms with Crippen LogP contribution in [0.5, 0.6) is 0 Å². The summed E-state index contributed by atoms with van der Waals surface area (Å²) in [7, 11) is -9.89. The molecule has 2 unspecified atom stereocenters. The van der Waals surface area contributed by atoms with Crippen molar-refractivity contribution in [3.8, 4) is 0 Å². The number of hydrogen-bond donors (Lipinski definition) is 3. The summed E-state index contributed by atoms with van der Waals surface area (Å²) < 4.78 is 68.2. The highest BCUT2D eigenvalue weighted by Crippen LogP contribution is 2.45. The quantitative estimate of drug-likeness (QED) is 0.0222. The van der Waals surface area contributed by atoms with E-state index < -0.39 is 97.5 Å². The van der Waals surface area contributed by atoms with Crippen molar-refractivity contribution in [3.63, 3.8) is 0 Å². The summed E-state index contributed by atoms with van der Waals surface area (Å²) in [5, 5.41) is 10.6. The summed E-state index contributed by atoms with van der Waals surface area (Å²) in [5.74, 6) is -1.32. The number of hydrogen-bond acceptors (Lipinski definition) is 15. The van der Waals surface area contributed by atoms with Crippen LogP contribution < -0.4 is 0 Å². The Kier molecular flexibility index (Phi) is 66.8. The molecule has 0 bridgehead atoms. The Hall–Kier alpha value is -1.94. The van der Waals surface area contributed by atoms with E-state index in [4.69, 9.17) is 37.0 Å². The fourth-order valence-corrected chi connectivity index (χ4v) is 13.1. The first-order valence-electron chi connectivity index (χ1n) is 39.1. The normalized spacial score (nSPS) is 14.0. The van der Waals surface area contributed by atoms with Gasteiger partial charge in [0.1, 0.15) is 19.3 Å². The highest BCUT2D eigenvalue weighted by Gasteiger charge is 2.30. The van der Waals surface area contributed by atoms with Crippen molar-refractivity contribution in [1.82, 2.24) is 0 Å². The molecular formula is C75H146O17P2. The fraction of sp³-hybridized carbons (Fsp3) is 0.947. The standard InChI is InChI=1S/C75H146O17P2/c1-6-9-12-15-18-19-20-21-22-23-24-25-26-27-28-31-35-38-41-46-51-56-61-75(80)92-71(65-86-73(78)59-54-49-45-40-37-34-32-29-30-33-36-39-44-47-52-57-68(4)5)67-90-94(83,84)88-63-69(76)62-87-93(81,82)89-66-70(91-74(79)60-55-50-43-17-14-11-8-3)64-85-72(77)58-53-48-42-16-13-10-7-2/h68-71,76H,6-67H2,1-5H3,(H,81,82)(H,83,84)/t69-,70+,71+/m0/s1. The SMILES string of the molecule is CCCCCCCCCCCCCCCCCCCCCCCCC(=O)O[C@H](COC(=O)CCCCCCCCCCCCCCCCCC(C)C)COP(=O)(O)OC[C@@H](O)COP(=O)(O)OC[C@@H](COC(=O)CCCCCCCCC)OC(=O)CCCCCCCCC. The molecule has 0 saturated carbocycles. The van der Waals surface area contributed by atoms with Gasteiger partial charge in [0, 0.05) is 25.7 Å². The molecule has 0 saturated heterocycles. The summed E-state index contributed by atoms with van der Waals surface area (Å²) in [5.41, 5.74) is 0. The van der Waals surface area contributed by atoms with E-state index in [9.17, 15) is 43.2 Å². The number of phosphoric ester groups is 2. The molecule has 19 heteroatoms. The minimum atomic E-state index is -4.95. The second kappa shape index (κ2) is 68.2. The first kappa shape index (κ1) is 92.1. The molecule has 0 aromatic heterocycles. The van der Waals surface area contributed by atoms with Gasteiger partial charge in [-0.25, -0.2) is 9.13 Å². The maximum Gasteiger partial charge on any atom is 0.472 e. The highest BCUT2D eigenvalue weighted by atomic mass is 31.2. The van der Waals surface area contributed by atoms with Gasteiger partial charge in [-0.1, -0.05) is 343 Å². The Balaban J connectivity index is 5.09. The van der Waals surface area contributed by atoms with Crippen LogP contribution in [0.3, 0.4) is 0 Å². The molecular weight excluding hydrogens is 1230 g/mol. The van der Waals surface area contributed by atoms with Gasteiger partial charge in [-0.3, -0.25) is 37.3 Å². The van der Waals surface area contributed by atoms with Gasteiger partial charge in [0.25, 0.3) is 0 Å². The molecule has 17 nitrogen and oxygen atoms in total. The van der Waals surface area contributed by atoms with Crippen LogP contribution in [0.15, 0.2) is 0 Å². The van der Waals surface area contributed by atoms with Crippen LogP contribution in [0.2, 0.25) is 0 Å². The third-order valence-corrected chi connectivity index (χ3v) is 19.4.